The van der Waals surface area contributed by atoms with Crippen molar-refractivity contribution in [1.29, 1.82) is 0 Å². The van der Waals surface area contributed by atoms with Crippen LogP contribution in [0.25, 0.3) is 0 Å². The second-order valence-corrected chi connectivity index (χ2v) is 9.61. The van der Waals surface area contributed by atoms with Crippen molar-refractivity contribution < 1.29 is 26.4 Å². The van der Waals surface area contributed by atoms with Crippen LogP contribution in [-0.4, -0.2) is 39.9 Å². The van der Waals surface area contributed by atoms with Crippen LogP contribution in [0.2, 0.25) is 0 Å². The molecule has 29 heavy (non-hydrogen) atoms. The second-order valence-electron chi connectivity index (χ2n) is 7.67. The van der Waals surface area contributed by atoms with Crippen LogP contribution in [0.15, 0.2) is 17.0 Å². The lowest BCUT2D eigenvalue weighted by atomic mass is 9.85. The van der Waals surface area contributed by atoms with Crippen molar-refractivity contribution in [3.05, 3.63) is 34.9 Å². The molecule has 0 saturated carbocycles. The number of anilines is 1. The number of nitrogens with one attached hydrogen (secondary N) is 1. The summed E-state index contributed by atoms with van der Waals surface area (Å²) in [5.74, 6) is -1.43. The Kier molecular flexibility index (Phi) is 4.11. The number of halogens is 3. The highest BCUT2D eigenvalue weighted by Gasteiger charge is 2.43. The molecule has 0 fully saturated rings. The molecule has 1 amide bonds. The van der Waals surface area contributed by atoms with Gasteiger partial charge in [0.1, 0.15) is 5.82 Å². The average Bonchev–Trinajstić information content (AvgIpc) is 3.14. The maximum Gasteiger partial charge on any atom is 0.451 e. The summed E-state index contributed by atoms with van der Waals surface area (Å²) < 4.78 is 67.3. The largest absolute Gasteiger partial charge is 0.451 e. The molecule has 2 aliphatic heterocycles. The normalized spacial score (nSPS) is 19.0. The Balaban J connectivity index is 1.71. The highest BCUT2D eigenvalue weighted by atomic mass is 32.2. The van der Waals surface area contributed by atoms with Gasteiger partial charge in [-0.25, -0.2) is 8.42 Å². The Hall–Kier alpha value is -2.47. The van der Waals surface area contributed by atoms with Crippen molar-refractivity contribution in [1.82, 2.24) is 19.1 Å². The number of carbonyl (C=O) groups is 1. The van der Waals surface area contributed by atoms with E-state index in [0.29, 0.717) is 16.8 Å². The van der Waals surface area contributed by atoms with Gasteiger partial charge in [-0.05, 0) is 44.0 Å². The minimum Gasteiger partial charge on any atom is -0.325 e. The molecular formula is C17H18F3N5O3S. The number of fused-ring (bicyclic) bond motifs is 2. The van der Waals surface area contributed by atoms with E-state index in [-0.39, 0.29) is 36.3 Å². The van der Waals surface area contributed by atoms with E-state index in [1.807, 2.05) is 0 Å². The molecule has 2 aromatic rings. The standard InChI is InChI=1S/C17H18F3N5O3S/c1-9-6-10(7-11-13(9)21-15(26)16(11,2)3)29(27,28)24-4-5-25-12(8-24)22-23-14(25)17(18,19)20/h6-7H,4-5,8H2,1-3H3,(H,21,26). The highest BCUT2D eigenvalue weighted by Crippen LogP contribution is 2.41. The first-order valence-corrected chi connectivity index (χ1v) is 10.2. The first-order chi connectivity index (χ1) is 13.3. The number of alkyl halides is 3. The highest BCUT2D eigenvalue weighted by molar-refractivity contribution is 7.89. The lowest BCUT2D eigenvalue weighted by Gasteiger charge is -2.28. The summed E-state index contributed by atoms with van der Waals surface area (Å²) in [6.07, 6.45) is -4.66. The van der Waals surface area contributed by atoms with E-state index < -0.39 is 27.4 Å². The van der Waals surface area contributed by atoms with Crippen molar-refractivity contribution >= 4 is 21.6 Å². The fourth-order valence-corrected chi connectivity index (χ4v) is 5.15. The topological polar surface area (TPSA) is 97.2 Å². The van der Waals surface area contributed by atoms with Crippen LogP contribution in [0.4, 0.5) is 18.9 Å². The minimum absolute atomic E-state index is 0.0117. The molecule has 0 bridgehead atoms. The zero-order chi connectivity index (χ0) is 21.4. The van der Waals surface area contributed by atoms with Gasteiger partial charge in [0.15, 0.2) is 0 Å². The SMILES string of the molecule is Cc1cc(S(=O)(=O)N2CCn3c(nnc3C(F)(F)F)C2)cc2c1NC(=O)C2(C)C. The predicted molar refractivity (Wildman–Crippen MR) is 95.5 cm³/mol. The molecule has 0 unspecified atom stereocenters. The lowest BCUT2D eigenvalue weighted by Crippen LogP contribution is -2.39. The third kappa shape index (κ3) is 2.92. The Morgan fingerprint density at radius 1 is 1.17 bits per heavy atom. The predicted octanol–water partition coefficient (Wildman–Crippen LogP) is 2.04. The summed E-state index contributed by atoms with van der Waals surface area (Å²) in [6, 6.07) is 2.91. The molecule has 3 heterocycles. The van der Waals surface area contributed by atoms with Crippen molar-refractivity contribution in [2.45, 2.75) is 50.3 Å². The smallest absolute Gasteiger partial charge is 0.325 e. The molecule has 0 saturated heterocycles. The molecule has 0 spiro atoms. The number of nitrogens with zero attached hydrogens (tertiary/aromatic N) is 4. The van der Waals surface area contributed by atoms with Gasteiger partial charge in [-0.3, -0.25) is 4.79 Å². The average molecular weight is 429 g/mol. The molecule has 156 valence electrons. The molecule has 1 aromatic carbocycles. The van der Waals surface area contributed by atoms with Crippen LogP contribution in [0.3, 0.4) is 0 Å². The molecule has 1 N–H and O–H groups in total. The number of amides is 1. The van der Waals surface area contributed by atoms with Crippen molar-refractivity contribution in [2.75, 3.05) is 11.9 Å². The van der Waals surface area contributed by atoms with Gasteiger partial charge in [0.2, 0.25) is 21.8 Å². The Labute approximate surface area is 164 Å². The summed E-state index contributed by atoms with van der Waals surface area (Å²) in [5, 5.41) is 9.46. The van der Waals surface area contributed by atoms with Crippen molar-refractivity contribution in [3.8, 4) is 0 Å². The van der Waals surface area contributed by atoms with E-state index >= 15 is 0 Å². The van der Waals surface area contributed by atoms with E-state index in [2.05, 4.69) is 15.5 Å². The van der Waals surface area contributed by atoms with Gasteiger partial charge in [0.25, 0.3) is 0 Å². The molecular weight excluding hydrogens is 411 g/mol. The zero-order valence-electron chi connectivity index (χ0n) is 15.8. The van der Waals surface area contributed by atoms with Gasteiger partial charge in [-0.15, -0.1) is 10.2 Å². The monoisotopic (exact) mass is 429 g/mol. The maximum absolute atomic E-state index is 13.2. The fourth-order valence-electron chi connectivity index (χ4n) is 3.65. The number of aryl methyl sites for hydroxylation is 1. The van der Waals surface area contributed by atoms with Gasteiger partial charge >= 0.3 is 6.18 Å². The Morgan fingerprint density at radius 2 is 1.86 bits per heavy atom. The second kappa shape index (κ2) is 6.02. The molecule has 12 heteroatoms. The molecule has 0 radical (unpaired) electrons. The minimum atomic E-state index is -4.66. The molecule has 1 aromatic heterocycles. The van der Waals surface area contributed by atoms with Gasteiger partial charge in [0.05, 0.1) is 16.9 Å². The first kappa shape index (κ1) is 19.8. The Morgan fingerprint density at radius 3 is 2.52 bits per heavy atom. The quantitative estimate of drug-likeness (QED) is 0.788. The third-order valence-corrected chi connectivity index (χ3v) is 7.22. The van der Waals surface area contributed by atoms with Gasteiger partial charge in [-0.1, -0.05) is 0 Å². The van der Waals surface area contributed by atoms with Crippen LogP contribution in [0.5, 0.6) is 0 Å². The first-order valence-electron chi connectivity index (χ1n) is 8.79. The van der Waals surface area contributed by atoms with Crippen LogP contribution in [0, 0.1) is 6.92 Å². The summed E-state index contributed by atoms with van der Waals surface area (Å²) in [6.45, 7) is 4.43. The maximum atomic E-state index is 13.2. The molecule has 4 rings (SSSR count). The summed E-state index contributed by atoms with van der Waals surface area (Å²) in [7, 11) is -4.01. The van der Waals surface area contributed by atoms with Crippen LogP contribution < -0.4 is 5.32 Å². The zero-order valence-corrected chi connectivity index (χ0v) is 16.6. The van der Waals surface area contributed by atoms with Gasteiger partial charge < -0.3 is 9.88 Å². The van der Waals surface area contributed by atoms with E-state index in [1.165, 1.54) is 12.1 Å². The fraction of sp³-hybridized carbons (Fsp3) is 0.471. The van der Waals surface area contributed by atoms with E-state index in [0.717, 1.165) is 8.87 Å². The molecule has 0 atom stereocenters. The van der Waals surface area contributed by atoms with Crippen LogP contribution >= 0.6 is 0 Å². The summed E-state index contributed by atoms with van der Waals surface area (Å²) >= 11 is 0. The number of sulfonamides is 1. The number of aromatic nitrogens is 3. The van der Waals surface area contributed by atoms with Gasteiger partial charge in [0, 0.05) is 18.8 Å². The van der Waals surface area contributed by atoms with E-state index in [1.54, 1.807) is 20.8 Å². The number of carbonyl (C=O) groups excluding carboxylic acids is 1. The van der Waals surface area contributed by atoms with Crippen molar-refractivity contribution in [2.24, 2.45) is 0 Å². The number of rotatable bonds is 2. The molecule has 0 aliphatic carbocycles. The number of hydrogen-bond acceptors (Lipinski definition) is 5. The lowest BCUT2D eigenvalue weighted by molar-refractivity contribution is -0.147. The summed E-state index contributed by atoms with van der Waals surface area (Å²) in [4.78, 5) is 12.2. The van der Waals surface area contributed by atoms with E-state index in [4.69, 9.17) is 0 Å². The molecule has 8 nitrogen and oxygen atoms in total. The van der Waals surface area contributed by atoms with Crippen molar-refractivity contribution in [3.63, 3.8) is 0 Å². The summed E-state index contributed by atoms with van der Waals surface area (Å²) in [5.41, 5.74) is 0.863. The van der Waals surface area contributed by atoms with Crippen LogP contribution in [-0.2, 0) is 39.5 Å². The number of hydrogen-bond donors (Lipinski definition) is 1. The number of benzene rings is 1. The van der Waals surface area contributed by atoms with Gasteiger partial charge in [-0.2, -0.15) is 17.5 Å². The third-order valence-electron chi connectivity index (χ3n) is 5.40. The van der Waals surface area contributed by atoms with Crippen LogP contribution in [0.1, 0.15) is 36.6 Å². The van der Waals surface area contributed by atoms with E-state index in [9.17, 15) is 26.4 Å². The molecule has 2 aliphatic rings. The Bertz CT molecular complexity index is 1140.